The minimum atomic E-state index is -0.263. The van der Waals surface area contributed by atoms with Gasteiger partial charge in [0.05, 0.1) is 5.69 Å². The van der Waals surface area contributed by atoms with Crippen molar-refractivity contribution in [2.75, 3.05) is 60.7 Å². The predicted molar refractivity (Wildman–Crippen MR) is 144 cm³/mol. The molecule has 0 saturated carbocycles. The van der Waals surface area contributed by atoms with Crippen molar-refractivity contribution in [2.45, 2.75) is 13.3 Å². The lowest BCUT2D eigenvalue weighted by Gasteiger charge is -2.34. The van der Waals surface area contributed by atoms with Crippen LogP contribution in [0.1, 0.15) is 12.5 Å². The Kier molecular flexibility index (Phi) is 6.47. The molecule has 0 unspecified atom stereocenters. The third-order valence-electron chi connectivity index (χ3n) is 6.60. The van der Waals surface area contributed by atoms with Gasteiger partial charge in [-0.2, -0.15) is 4.98 Å². The normalized spacial score (nSPS) is 16.0. The van der Waals surface area contributed by atoms with Gasteiger partial charge in [0.15, 0.2) is 11.5 Å². The van der Waals surface area contributed by atoms with Gasteiger partial charge in [0.2, 0.25) is 5.95 Å². The largest absolute Gasteiger partial charge is 0.450 e. The molecule has 1 amide bonds. The highest BCUT2D eigenvalue weighted by atomic mass is 16.5. The van der Waals surface area contributed by atoms with Crippen LogP contribution in [0.25, 0.3) is 0 Å². The number of nitrogens with one attached hydrogen (secondary N) is 2. The zero-order valence-electron chi connectivity index (χ0n) is 20.9. The van der Waals surface area contributed by atoms with Crippen LogP contribution in [-0.4, -0.2) is 61.0 Å². The molecule has 3 aromatic rings. The molecular formula is C27H31N7O2. The van der Waals surface area contributed by atoms with Crippen LogP contribution >= 0.6 is 0 Å². The number of aryl methyl sites for hydroxylation is 1. The summed E-state index contributed by atoms with van der Waals surface area (Å²) in [5.74, 6) is 1.66. The fourth-order valence-corrected chi connectivity index (χ4v) is 4.34. The molecule has 9 heteroatoms. The number of anilines is 6. The van der Waals surface area contributed by atoms with E-state index in [1.54, 1.807) is 7.05 Å². The molecule has 3 heterocycles. The summed E-state index contributed by atoms with van der Waals surface area (Å²) in [5, 5.41) is 6.70. The van der Waals surface area contributed by atoms with E-state index in [-0.39, 0.29) is 11.7 Å². The number of amides is 1. The highest BCUT2D eigenvalue weighted by Gasteiger charge is 2.26. The first-order chi connectivity index (χ1) is 17.4. The standard InChI is InChI=1S/C27H31N7O2/c1-5-19-17-28-27(30-20-6-9-22(10-7-20)34-14-12-32(3)13-15-34)31-25(19)29-21-8-11-24-23(16-21)33(4)26(35)18(2)36-24/h6-11,16-17H,2,5,12-15H2,1,3-4H3,(H2,28,29,30,31). The van der Waals surface area contributed by atoms with Crippen molar-refractivity contribution < 1.29 is 9.53 Å². The molecule has 186 valence electrons. The van der Waals surface area contributed by atoms with Gasteiger partial charge in [0, 0.05) is 62.0 Å². The van der Waals surface area contributed by atoms with Crippen molar-refractivity contribution in [2.24, 2.45) is 0 Å². The van der Waals surface area contributed by atoms with Crippen LogP contribution < -0.4 is 25.2 Å². The lowest BCUT2D eigenvalue weighted by atomic mass is 10.2. The van der Waals surface area contributed by atoms with Crippen LogP contribution in [-0.2, 0) is 11.2 Å². The number of piperazine rings is 1. The van der Waals surface area contributed by atoms with Crippen LogP contribution in [0.5, 0.6) is 5.75 Å². The van der Waals surface area contributed by atoms with Gasteiger partial charge in [0.25, 0.3) is 5.91 Å². The molecule has 1 aromatic heterocycles. The average Bonchev–Trinajstić information content (AvgIpc) is 2.89. The number of benzene rings is 2. The van der Waals surface area contributed by atoms with Gasteiger partial charge >= 0.3 is 0 Å². The SMILES string of the molecule is C=C1Oc2ccc(Nc3nc(Nc4ccc(N5CCN(C)CC5)cc4)ncc3CC)cc2N(C)C1=O. The highest BCUT2D eigenvalue weighted by molar-refractivity contribution is 6.07. The van der Waals surface area contributed by atoms with Crippen molar-refractivity contribution >= 4 is 40.4 Å². The lowest BCUT2D eigenvalue weighted by molar-refractivity contribution is -0.117. The summed E-state index contributed by atoms with van der Waals surface area (Å²) in [5.41, 5.74) is 4.59. The van der Waals surface area contributed by atoms with Gasteiger partial charge in [-0.1, -0.05) is 13.5 Å². The molecule has 36 heavy (non-hydrogen) atoms. The average molecular weight is 486 g/mol. The number of aromatic nitrogens is 2. The Balaban J connectivity index is 1.32. The molecule has 5 rings (SSSR count). The lowest BCUT2D eigenvalue weighted by Crippen LogP contribution is -2.44. The second-order valence-corrected chi connectivity index (χ2v) is 9.08. The molecule has 2 aliphatic heterocycles. The number of carbonyl (C=O) groups excluding carboxylic acids is 1. The Hall–Kier alpha value is -4.11. The predicted octanol–water partition coefficient (Wildman–Crippen LogP) is 4.15. The molecule has 0 spiro atoms. The van der Waals surface area contributed by atoms with E-state index in [2.05, 4.69) is 70.2 Å². The number of hydrogen-bond donors (Lipinski definition) is 2. The summed E-state index contributed by atoms with van der Waals surface area (Å²) in [7, 11) is 3.87. The fourth-order valence-electron chi connectivity index (χ4n) is 4.34. The first kappa shape index (κ1) is 23.6. The smallest absolute Gasteiger partial charge is 0.293 e. The molecule has 0 aliphatic carbocycles. The van der Waals surface area contributed by atoms with E-state index in [4.69, 9.17) is 9.72 Å². The summed E-state index contributed by atoms with van der Waals surface area (Å²) in [6.07, 6.45) is 2.60. The summed E-state index contributed by atoms with van der Waals surface area (Å²) < 4.78 is 5.55. The van der Waals surface area contributed by atoms with Gasteiger partial charge in [-0.15, -0.1) is 0 Å². The van der Waals surface area contributed by atoms with Crippen molar-refractivity contribution in [3.05, 3.63) is 66.6 Å². The second kappa shape index (κ2) is 9.87. The third-order valence-corrected chi connectivity index (χ3v) is 6.60. The van der Waals surface area contributed by atoms with Crippen LogP contribution in [0.15, 0.2) is 61.0 Å². The second-order valence-electron chi connectivity index (χ2n) is 9.08. The molecule has 2 aliphatic rings. The number of ether oxygens (including phenoxy) is 1. The van der Waals surface area contributed by atoms with E-state index < -0.39 is 0 Å². The molecule has 9 nitrogen and oxygen atoms in total. The van der Waals surface area contributed by atoms with E-state index in [1.165, 1.54) is 10.6 Å². The Morgan fingerprint density at radius 1 is 1.00 bits per heavy atom. The number of nitrogens with zero attached hydrogens (tertiary/aromatic N) is 5. The summed E-state index contributed by atoms with van der Waals surface area (Å²) in [6.45, 7) is 9.96. The molecule has 2 N–H and O–H groups in total. The van der Waals surface area contributed by atoms with Crippen LogP contribution in [0, 0.1) is 0 Å². The van der Waals surface area contributed by atoms with Gasteiger partial charge in [-0.05, 0) is 55.9 Å². The van der Waals surface area contributed by atoms with Crippen LogP contribution in [0.2, 0.25) is 0 Å². The monoisotopic (exact) mass is 485 g/mol. The number of carbonyl (C=O) groups is 1. The van der Waals surface area contributed by atoms with E-state index in [9.17, 15) is 4.79 Å². The van der Waals surface area contributed by atoms with Crippen LogP contribution in [0.3, 0.4) is 0 Å². The first-order valence-electron chi connectivity index (χ1n) is 12.1. The zero-order chi connectivity index (χ0) is 25.2. The summed E-state index contributed by atoms with van der Waals surface area (Å²) in [6, 6.07) is 14.0. The Bertz CT molecular complexity index is 1280. The van der Waals surface area contributed by atoms with Crippen molar-refractivity contribution in [1.82, 2.24) is 14.9 Å². The number of hydrogen-bond acceptors (Lipinski definition) is 8. The number of fused-ring (bicyclic) bond motifs is 1. The highest BCUT2D eigenvalue weighted by Crippen LogP contribution is 2.37. The number of likely N-dealkylation sites (N-methyl/N-ethyl adjacent to an activating group) is 2. The maximum atomic E-state index is 12.2. The summed E-state index contributed by atoms with van der Waals surface area (Å²) in [4.78, 5) is 27.8. The molecule has 1 saturated heterocycles. The van der Waals surface area contributed by atoms with E-state index in [0.29, 0.717) is 23.2 Å². The molecule has 2 aromatic carbocycles. The topological polar surface area (TPSA) is 85.9 Å². The van der Waals surface area contributed by atoms with Gasteiger partial charge in [0.1, 0.15) is 5.82 Å². The molecule has 0 radical (unpaired) electrons. The third kappa shape index (κ3) is 4.83. The maximum absolute atomic E-state index is 12.2. The molecular weight excluding hydrogens is 454 g/mol. The Morgan fingerprint density at radius 3 is 2.44 bits per heavy atom. The van der Waals surface area contributed by atoms with Gasteiger partial charge in [-0.3, -0.25) is 4.79 Å². The van der Waals surface area contributed by atoms with Gasteiger partial charge < -0.3 is 30.1 Å². The Morgan fingerprint density at radius 2 is 1.72 bits per heavy atom. The van der Waals surface area contributed by atoms with Crippen molar-refractivity contribution in [1.29, 1.82) is 0 Å². The minimum Gasteiger partial charge on any atom is -0.450 e. The van der Waals surface area contributed by atoms with Crippen LogP contribution in [0.4, 0.5) is 34.5 Å². The van der Waals surface area contributed by atoms with E-state index >= 15 is 0 Å². The molecule has 1 fully saturated rings. The van der Waals surface area contributed by atoms with E-state index in [1.807, 2.05) is 24.4 Å². The first-order valence-corrected chi connectivity index (χ1v) is 12.1. The molecule has 0 bridgehead atoms. The molecule has 0 atom stereocenters. The minimum absolute atomic E-state index is 0.113. The van der Waals surface area contributed by atoms with Crippen molar-refractivity contribution in [3.8, 4) is 5.75 Å². The quantitative estimate of drug-likeness (QED) is 0.504. The fraction of sp³-hybridized carbons (Fsp3) is 0.296. The zero-order valence-corrected chi connectivity index (χ0v) is 20.9. The maximum Gasteiger partial charge on any atom is 0.293 e. The van der Waals surface area contributed by atoms with E-state index in [0.717, 1.165) is 49.5 Å². The number of rotatable bonds is 6. The van der Waals surface area contributed by atoms with Gasteiger partial charge in [-0.25, -0.2) is 4.98 Å². The summed E-state index contributed by atoms with van der Waals surface area (Å²) >= 11 is 0. The Labute approximate surface area is 211 Å². The van der Waals surface area contributed by atoms with Crippen molar-refractivity contribution in [3.63, 3.8) is 0 Å².